The van der Waals surface area contributed by atoms with Crippen molar-refractivity contribution in [3.63, 3.8) is 0 Å². The monoisotopic (exact) mass is 284 g/mol. The summed E-state index contributed by atoms with van der Waals surface area (Å²) >= 11 is 1.30. The van der Waals surface area contributed by atoms with E-state index >= 15 is 0 Å². The summed E-state index contributed by atoms with van der Waals surface area (Å²) < 4.78 is 5.25. The summed E-state index contributed by atoms with van der Waals surface area (Å²) in [6, 6.07) is 1.91. The number of rotatable bonds is 4. The van der Waals surface area contributed by atoms with Crippen LogP contribution in [0.1, 0.15) is 23.8 Å². The van der Waals surface area contributed by atoms with Crippen LogP contribution in [0.2, 0.25) is 0 Å². The second-order valence-electron chi connectivity index (χ2n) is 4.32. The maximum atomic E-state index is 11.8. The summed E-state index contributed by atoms with van der Waals surface area (Å²) in [5.41, 5.74) is 0. The molecule has 2 atom stereocenters. The largest absolute Gasteiger partial charge is 0.479 e. The van der Waals surface area contributed by atoms with Crippen LogP contribution in [0.25, 0.3) is 0 Å². The molecule has 2 unspecified atom stereocenters. The van der Waals surface area contributed by atoms with E-state index in [-0.39, 0.29) is 6.04 Å². The minimum Gasteiger partial charge on any atom is -0.479 e. The molecule has 7 heteroatoms. The lowest BCUT2D eigenvalue weighted by atomic mass is 10.1. The van der Waals surface area contributed by atoms with Gasteiger partial charge in [0.15, 0.2) is 6.04 Å². The molecule has 0 spiro atoms. The first-order valence-electron chi connectivity index (χ1n) is 6.08. The normalized spacial score (nSPS) is 20.5. The van der Waals surface area contributed by atoms with E-state index in [0.29, 0.717) is 18.1 Å². The van der Waals surface area contributed by atoms with E-state index in [1.165, 1.54) is 11.3 Å². The molecule has 0 aromatic carbocycles. The predicted molar refractivity (Wildman–Crippen MR) is 70.2 cm³/mol. The first kappa shape index (κ1) is 13.8. The Bertz CT molecular complexity index is 429. The summed E-state index contributed by atoms with van der Waals surface area (Å²) in [7, 11) is 0. The number of amides is 2. The fourth-order valence-electron chi connectivity index (χ4n) is 1.92. The highest BCUT2D eigenvalue weighted by atomic mass is 32.1. The average molecular weight is 284 g/mol. The van der Waals surface area contributed by atoms with Crippen LogP contribution in [0.3, 0.4) is 0 Å². The van der Waals surface area contributed by atoms with Gasteiger partial charge in [0.25, 0.3) is 0 Å². The summed E-state index contributed by atoms with van der Waals surface area (Å²) in [6.07, 6.45) is 1.75. The maximum absolute atomic E-state index is 11.8. The van der Waals surface area contributed by atoms with Crippen LogP contribution < -0.4 is 10.6 Å². The van der Waals surface area contributed by atoms with E-state index in [4.69, 9.17) is 9.84 Å². The molecule has 3 N–H and O–H groups in total. The fraction of sp³-hybridized carbons (Fsp3) is 0.500. The number of urea groups is 1. The molecule has 2 rings (SSSR count). The molecule has 0 saturated carbocycles. The smallest absolute Gasteiger partial charge is 0.331 e. The Morgan fingerprint density at radius 2 is 2.37 bits per heavy atom. The highest BCUT2D eigenvalue weighted by molar-refractivity contribution is 7.10. The topological polar surface area (TPSA) is 87.7 Å². The molecule has 6 nitrogen and oxygen atoms in total. The lowest BCUT2D eigenvalue weighted by Crippen LogP contribution is -2.47. The first-order chi connectivity index (χ1) is 9.16. The molecule has 0 aliphatic carbocycles. The molecule has 104 valence electrons. The number of thiophene rings is 1. The number of ether oxygens (including phenoxy) is 1. The number of hydrogen-bond donors (Lipinski definition) is 3. The number of nitrogens with one attached hydrogen (secondary N) is 2. The Morgan fingerprint density at radius 1 is 1.53 bits per heavy atom. The predicted octanol–water partition coefficient (Wildman–Crippen LogP) is 1.35. The van der Waals surface area contributed by atoms with Gasteiger partial charge in [-0.3, -0.25) is 0 Å². The second-order valence-corrected chi connectivity index (χ2v) is 5.30. The second kappa shape index (κ2) is 6.53. The molecule has 1 aromatic rings. The molecule has 1 aliphatic heterocycles. The Balaban J connectivity index is 1.90. The van der Waals surface area contributed by atoms with E-state index in [2.05, 4.69) is 10.6 Å². The highest BCUT2D eigenvalue weighted by Crippen LogP contribution is 2.19. The molecule has 2 amide bonds. The Morgan fingerprint density at radius 3 is 2.95 bits per heavy atom. The molecule has 0 radical (unpaired) electrons. The van der Waals surface area contributed by atoms with Crippen molar-refractivity contribution in [3.05, 3.63) is 22.4 Å². The van der Waals surface area contributed by atoms with Crippen LogP contribution in [-0.2, 0) is 9.53 Å². The Hall–Kier alpha value is -1.60. The molecule has 1 aromatic heterocycles. The SMILES string of the molecule is O=C(NC1CCCOC1)NC(C(=O)O)c1cccs1. The van der Waals surface area contributed by atoms with E-state index in [9.17, 15) is 9.59 Å². The standard InChI is InChI=1S/C12H16N2O4S/c15-11(16)10(9-4-2-6-19-9)14-12(17)13-8-3-1-5-18-7-8/h2,4,6,8,10H,1,3,5,7H2,(H,15,16)(H2,13,14,17). The van der Waals surface area contributed by atoms with Gasteiger partial charge in [-0.05, 0) is 24.3 Å². The zero-order valence-electron chi connectivity index (χ0n) is 10.3. The number of aliphatic carboxylic acids is 1. The number of carboxylic acid groups (broad SMARTS) is 1. The molecule has 1 saturated heterocycles. The summed E-state index contributed by atoms with van der Waals surface area (Å²) in [5, 5.41) is 16.1. The van der Waals surface area contributed by atoms with Crippen molar-refractivity contribution in [3.8, 4) is 0 Å². The number of carboxylic acids is 1. The summed E-state index contributed by atoms with van der Waals surface area (Å²) in [4.78, 5) is 23.5. The zero-order valence-corrected chi connectivity index (χ0v) is 11.1. The van der Waals surface area contributed by atoms with E-state index in [1.54, 1.807) is 17.5 Å². The minimum atomic E-state index is -1.07. The van der Waals surface area contributed by atoms with E-state index in [0.717, 1.165) is 12.8 Å². The maximum Gasteiger partial charge on any atom is 0.331 e. The van der Waals surface area contributed by atoms with Crippen molar-refractivity contribution >= 4 is 23.3 Å². The quantitative estimate of drug-likeness (QED) is 0.779. The molecule has 1 aliphatic rings. The van der Waals surface area contributed by atoms with Gasteiger partial charge >= 0.3 is 12.0 Å². The van der Waals surface area contributed by atoms with E-state index < -0.39 is 18.0 Å². The summed E-state index contributed by atoms with van der Waals surface area (Å²) in [5.74, 6) is -1.07. The van der Waals surface area contributed by atoms with Gasteiger partial charge in [0.2, 0.25) is 0 Å². The van der Waals surface area contributed by atoms with Crippen molar-refractivity contribution in [2.45, 2.75) is 24.9 Å². The fourth-order valence-corrected chi connectivity index (χ4v) is 2.69. The van der Waals surface area contributed by atoms with Gasteiger partial charge in [0.1, 0.15) is 0 Å². The van der Waals surface area contributed by atoms with Gasteiger partial charge in [-0.25, -0.2) is 9.59 Å². The lowest BCUT2D eigenvalue weighted by Gasteiger charge is -2.24. The van der Waals surface area contributed by atoms with Crippen molar-refractivity contribution in [2.24, 2.45) is 0 Å². The summed E-state index contributed by atoms with van der Waals surface area (Å²) in [6.45, 7) is 1.19. The molecule has 0 bridgehead atoms. The number of carbonyl (C=O) groups is 2. The average Bonchev–Trinajstić information content (AvgIpc) is 2.90. The lowest BCUT2D eigenvalue weighted by molar-refractivity contribution is -0.139. The van der Waals surface area contributed by atoms with Crippen LogP contribution >= 0.6 is 11.3 Å². The third-order valence-electron chi connectivity index (χ3n) is 2.85. The van der Waals surface area contributed by atoms with E-state index in [1.807, 2.05) is 0 Å². The van der Waals surface area contributed by atoms with Gasteiger partial charge in [0.05, 0.1) is 12.6 Å². The molecule has 1 fully saturated rings. The van der Waals surface area contributed by atoms with Gasteiger partial charge in [-0.15, -0.1) is 11.3 Å². The third-order valence-corrected chi connectivity index (χ3v) is 3.78. The van der Waals surface area contributed by atoms with Crippen molar-refractivity contribution in [1.82, 2.24) is 10.6 Å². The Kier molecular flexibility index (Phi) is 4.75. The molecular formula is C12H16N2O4S. The van der Waals surface area contributed by atoms with Gasteiger partial charge in [-0.2, -0.15) is 0 Å². The molecule has 19 heavy (non-hydrogen) atoms. The van der Waals surface area contributed by atoms with Gasteiger partial charge in [-0.1, -0.05) is 6.07 Å². The first-order valence-corrected chi connectivity index (χ1v) is 6.96. The van der Waals surface area contributed by atoms with Gasteiger partial charge in [0, 0.05) is 11.5 Å². The van der Waals surface area contributed by atoms with Crippen molar-refractivity contribution < 1.29 is 19.4 Å². The molecule has 2 heterocycles. The number of hydrogen-bond acceptors (Lipinski definition) is 4. The zero-order chi connectivity index (χ0) is 13.7. The molecular weight excluding hydrogens is 268 g/mol. The van der Waals surface area contributed by atoms with Crippen molar-refractivity contribution in [1.29, 1.82) is 0 Å². The van der Waals surface area contributed by atoms with Crippen LogP contribution in [0.4, 0.5) is 4.79 Å². The van der Waals surface area contributed by atoms with Crippen molar-refractivity contribution in [2.75, 3.05) is 13.2 Å². The third kappa shape index (κ3) is 3.93. The minimum absolute atomic E-state index is 0.0495. The Labute approximate surface area is 114 Å². The van der Waals surface area contributed by atoms with Crippen LogP contribution in [-0.4, -0.2) is 36.4 Å². The number of carbonyl (C=O) groups excluding carboxylic acids is 1. The van der Waals surface area contributed by atoms with Gasteiger partial charge < -0.3 is 20.5 Å². The van der Waals surface area contributed by atoms with Crippen LogP contribution in [0.5, 0.6) is 0 Å². The van der Waals surface area contributed by atoms with Crippen LogP contribution in [0.15, 0.2) is 17.5 Å². The van der Waals surface area contributed by atoms with Crippen LogP contribution in [0, 0.1) is 0 Å². The highest BCUT2D eigenvalue weighted by Gasteiger charge is 2.24.